The lowest BCUT2D eigenvalue weighted by atomic mass is 10.2. The maximum absolute atomic E-state index is 13.7. The number of aromatic nitrogens is 1. The highest BCUT2D eigenvalue weighted by atomic mass is 32.1. The molecule has 2 nitrogen and oxygen atoms in total. The van der Waals surface area contributed by atoms with Crippen LogP contribution >= 0.6 is 11.3 Å². The van der Waals surface area contributed by atoms with Crippen molar-refractivity contribution in [2.24, 2.45) is 0 Å². The van der Waals surface area contributed by atoms with Crippen molar-refractivity contribution in [2.75, 3.05) is 0 Å². The average molecular weight is 245 g/mol. The molecule has 1 N–H and O–H groups in total. The first-order valence-electron chi connectivity index (χ1n) is 5.08. The van der Waals surface area contributed by atoms with Crippen LogP contribution in [-0.2, 0) is 0 Å². The normalized spacial score (nSPS) is 10.9. The second kappa shape index (κ2) is 3.82. The molecule has 0 aliphatic carbocycles. The monoisotopic (exact) mass is 245 g/mol. The SMILES string of the molecule is Oc1ccc(-c2nc3ccccc3s2)c(F)c1. The fourth-order valence-corrected chi connectivity index (χ4v) is 2.66. The van der Waals surface area contributed by atoms with Gasteiger partial charge in [-0.15, -0.1) is 11.3 Å². The van der Waals surface area contributed by atoms with Gasteiger partial charge in [-0.2, -0.15) is 0 Å². The Labute approximate surface area is 101 Å². The number of nitrogens with zero attached hydrogens (tertiary/aromatic N) is 1. The Morgan fingerprint density at radius 1 is 1.12 bits per heavy atom. The molecule has 0 saturated carbocycles. The number of phenols is 1. The van der Waals surface area contributed by atoms with Crippen LogP contribution in [0.15, 0.2) is 42.5 Å². The molecule has 17 heavy (non-hydrogen) atoms. The van der Waals surface area contributed by atoms with Gasteiger partial charge in [0.2, 0.25) is 0 Å². The molecule has 0 unspecified atom stereocenters. The van der Waals surface area contributed by atoms with Gasteiger partial charge in [-0.1, -0.05) is 12.1 Å². The van der Waals surface area contributed by atoms with Crippen molar-refractivity contribution in [3.8, 4) is 16.3 Å². The van der Waals surface area contributed by atoms with Gasteiger partial charge in [-0.05, 0) is 24.3 Å². The van der Waals surface area contributed by atoms with E-state index in [-0.39, 0.29) is 5.75 Å². The molecule has 84 valence electrons. The number of para-hydroxylation sites is 1. The third-order valence-electron chi connectivity index (χ3n) is 2.48. The minimum Gasteiger partial charge on any atom is -0.508 e. The van der Waals surface area contributed by atoms with Crippen molar-refractivity contribution in [1.29, 1.82) is 0 Å². The topological polar surface area (TPSA) is 33.1 Å². The minimum absolute atomic E-state index is 0.0765. The van der Waals surface area contributed by atoms with Crippen molar-refractivity contribution in [2.45, 2.75) is 0 Å². The summed E-state index contributed by atoms with van der Waals surface area (Å²) in [7, 11) is 0. The molecule has 0 atom stereocenters. The van der Waals surface area contributed by atoms with Crippen LogP contribution in [0.3, 0.4) is 0 Å². The van der Waals surface area contributed by atoms with Gasteiger partial charge in [-0.25, -0.2) is 9.37 Å². The van der Waals surface area contributed by atoms with Gasteiger partial charge in [0.15, 0.2) is 0 Å². The molecule has 1 heterocycles. The second-order valence-electron chi connectivity index (χ2n) is 3.65. The Morgan fingerprint density at radius 3 is 2.71 bits per heavy atom. The number of hydrogen-bond donors (Lipinski definition) is 1. The zero-order chi connectivity index (χ0) is 11.8. The van der Waals surface area contributed by atoms with E-state index in [2.05, 4.69) is 4.98 Å². The molecule has 3 aromatic rings. The van der Waals surface area contributed by atoms with Gasteiger partial charge in [-0.3, -0.25) is 0 Å². The molecule has 0 radical (unpaired) electrons. The third-order valence-corrected chi connectivity index (χ3v) is 3.55. The zero-order valence-corrected chi connectivity index (χ0v) is 9.54. The van der Waals surface area contributed by atoms with Crippen LogP contribution in [0, 0.1) is 5.82 Å². The molecule has 0 fully saturated rings. The molecule has 0 amide bonds. The van der Waals surface area contributed by atoms with Crippen LogP contribution in [0.2, 0.25) is 0 Å². The molecular formula is C13H8FNOS. The zero-order valence-electron chi connectivity index (χ0n) is 8.72. The van der Waals surface area contributed by atoms with E-state index >= 15 is 0 Å². The number of thiazole rings is 1. The van der Waals surface area contributed by atoms with Gasteiger partial charge in [0, 0.05) is 11.6 Å². The molecule has 0 aliphatic rings. The number of aromatic hydroxyl groups is 1. The largest absolute Gasteiger partial charge is 0.508 e. The molecule has 4 heteroatoms. The lowest BCUT2D eigenvalue weighted by Crippen LogP contribution is -1.82. The fraction of sp³-hybridized carbons (Fsp3) is 0. The first kappa shape index (κ1) is 10.2. The van der Waals surface area contributed by atoms with Crippen LogP contribution in [0.25, 0.3) is 20.8 Å². The summed E-state index contributed by atoms with van der Waals surface area (Å²) < 4.78 is 14.7. The highest BCUT2D eigenvalue weighted by molar-refractivity contribution is 7.21. The van der Waals surface area contributed by atoms with E-state index in [1.807, 2.05) is 24.3 Å². The van der Waals surface area contributed by atoms with Crippen LogP contribution in [0.5, 0.6) is 5.75 Å². The molecule has 2 aromatic carbocycles. The summed E-state index contributed by atoms with van der Waals surface area (Å²) in [5, 5.41) is 9.80. The Balaban J connectivity index is 2.20. The van der Waals surface area contributed by atoms with Gasteiger partial charge < -0.3 is 5.11 Å². The smallest absolute Gasteiger partial charge is 0.137 e. The summed E-state index contributed by atoms with van der Waals surface area (Å²) in [6.07, 6.45) is 0. The van der Waals surface area contributed by atoms with Gasteiger partial charge in [0.1, 0.15) is 16.6 Å². The molecule has 0 aliphatic heterocycles. The summed E-state index contributed by atoms with van der Waals surface area (Å²) >= 11 is 1.44. The molecule has 0 bridgehead atoms. The molecule has 3 rings (SSSR count). The molecular weight excluding hydrogens is 237 g/mol. The van der Waals surface area contributed by atoms with Crippen LogP contribution in [-0.4, -0.2) is 10.1 Å². The standard InChI is InChI=1S/C13H8FNOS/c14-10-7-8(16)5-6-9(10)13-15-11-3-1-2-4-12(11)17-13/h1-7,16H. The highest BCUT2D eigenvalue weighted by Gasteiger charge is 2.10. The number of phenolic OH excluding ortho intramolecular Hbond substituents is 1. The van der Waals surface area contributed by atoms with E-state index < -0.39 is 5.82 Å². The quantitative estimate of drug-likeness (QED) is 0.707. The lowest BCUT2D eigenvalue weighted by molar-refractivity contribution is 0.469. The predicted molar refractivity (Wildman–Crippen MR) is 66.7 cm³/mol. The van der Waals surface area contributed by atoms with Crippen molar-refractivity contribution in [1.82, 2.24) is 4.98 Å². The maximum Gasteiger partial charge on any atom is 0.137 e. The molecule has 1 aromatic heterocycles. The predicted octanol–water partition coefficient (Wildman–Crippen LogP) is 3.81. The minimum atomic E-state index is -0.455. The number of hydrogen-bond acceptors (Lipinski definition) is 3. The van der Waals surface area contributed by atoms with Gasteiger partial charge >= 0.3 is 0 Å². The number of fused-ring (bicyclic) bond motifs is 1. The summed E-state index contributed by atoms with van der Waals surface area (Å²) in [5.41, 5.74) is 1.28. The van der Waals surface area contributed by atoms with Crippen LogP contribution in [0.4, 0.5) is 4.39 Å². The van der Waals surface area contributed by atoms with E-state index in [1.165, 1.54) is 17.4 Å². The van der Waals surface area contributed by atoms with Crippen LogP contribution < -0.4 is 0 Å². The van der Waals surface area contributed by atoms with E-state index in [4.69, 9.17) is 5.11 Å². The van der Waals surface area contributed by atoms with Crippen molar-refractivity contribution in [3.05, 3.63) is 48.3 Å². The van der Waals surface area contributed by atoms with E-state index in [9.17, 15) is 4.39 Å². The first-order chi connectivity index (χ1) is 8.24. The Hall–Kier alpha value is -1.94. The second-order valence-corrected chi connectivity index (χ2v) is 4.68. The summed E-state index contributed by atoms with van der Waals surface area (Å²) in [6, 6.07) is 11.8. The number of halogens is 1. The Kier molecular flexibility index (Phi) is 2.30. The molecule has 0 saturated heterocycles. The van der Waals surface area contributed by atoms with Gasteiger partial charge in [0.05, 0.1) is 10.2 Å². The third kappa shape index (κ3) is 1.76. The summed E-state index contributed by atoms with van der Waals surface area (Å²) in [6.45, 7) is 0. The summed E-state index contributed by atoms with van der Waals surface area (Å²) in [4.78, 5) is 4.37. The van der Waals surface area contributed by atoms with Crippen molar-refractivity contribution < 1.29 is 9.50 Å². The first-order valence-corrected chi connectivity index (χ1v) is 5.90. The highest BCUT2D eigenvalue weighted by Crippen LogP contribution is 2.32. The van der Waals surface area contributed by atoms with Gasteiger partial charge in [0.25, 0.3) is 0 Å². The Morgan fingerprint density at radius 2 is 1.94 bits per heavy atom. The number of rotatable bonds is 1. The average Bonchev–Trinajstić information content (AvgIpc) is 2.72. The fourth-order valence-electron chi connectivity index (χ4n) is 1.66. The van der Waals surface area contributed by atoms with E-state index in [0.29, 0.717) is 10.6 Å². The Bertz CT molecular complexity index is 660. The maximum atomic E-state index is 13.7. The van der Waals surface area contributed by atoms with Crippen molar-refractivity contribution >= 4 is 21.6 Å². The summed E-state index contributed by atoms with van der Waals surface area (Å²) in [5.74, 6) is -0.531. The van der Waals surface area contributed by atoms with Crippen molar-refractivity contribution in [3.63, 3.8) is 0 Å². The lowest BCUT2D eigenvalue weighted by Gasteiger charge is -1.98. The van der Waals surface area contributed by atoms with Crippen LogP contribution in [0.1, 0.15) is 0 Å². The van der Waals surface area contributed by atoms with E-state index in [1.54, 1.807) is 6.07 Å². The van der Waals surface area contributed by atoms with E-state index in [0.717, 1.165) is 16.3 Å². The number of benzene rings is 2. The molecule has 0 spiro atoms.